The summed E-state index contributed by atoms with van der Waals surface area (Å²) in [7, 11) is 1.94. The lowest BCUT2D eigenvalue weighted by Crippen LogP contribution is -2.40. The van der Waals surface area contributed by atoms with Gasteiger partial charge in [-0.25, -0.2) is 0 Å². The van der Waals surface area contributed by atoms with Crippen LogP contribution in [0.25, 0.3) is 0 Å². The van der Waals surface area contributed by atoms with Gasteiger partial charge < -0.3 is 10.2 Å². The van der Waals surface area contributed by atoms with Crippen molar-refractivity contribution in [3.63, 3.8) is 0 Å². The van der Waals surface area contributed by atoms with E-state index in [2.05, 4.69) is 19.2 Å². The molecule has 1 N–H and O–H groups in total. The number of carbonyl (C=O) groups is 1. The van der Waals surface area contributed by atoms with Crippen LogP contribution in [-0.2, 0) is 4.79 Å². The summed E-state index contributed by atoms with van der Waals surface area (Å²) in [6.45, 7) is 5.21. The minimum atomic E-state index is 0. The van der Waals surface area contributed by atoms with E-state index in [9.17, 15) is 4.79 Å². The van der Waals surface area contributed by atoms with Gasteiger partial charge >= 0.3 is 0 Å². The maximum atomic E-state index is 12.1. The van der Waals surface area contributed by atoms with Crippen LogP contribution in [0.15, 0.2) is 0 Å². The molecule has 0 radical (unpaired) electrons. The highest BCUT2D eigenvalue weighted by molar-refractivity contribution is 5.85. The normalized spacial score (nSPS) is 30.1. The van der Waals surface area contributed by atoms with Gasteiger partial charge in [-0.2, -0.15) is 0 Å². The zero-order valence-corrected chi connectivity index (χ0v) is 12.6. The topological polar surface area (TPSA) is 32.3 Å². The summed E-state index contributed by atoms with van der Waals surface area (Å²) in [5.74, 6) is 1.52. The molecule has 0 aromatic rings. The van der Waals surface area contributed by atoms with Crippen LogP contribution in [-0.4, -0.2) is 36.5 Å². The molecule has 2 aliphatic rings. The molecular weight excluding hydrogens is 248 g/mol. The summed E-state index contributed by atoms with van der Waals surface area (Å²) in [4.78, 5) is 14.0. The maximum Gasteiger partial charge on any atom is 0.222 e. The Morgan fingerprint density at radius 3 is 2.33 bits per heavy atom. The molecule has 3 nitrogen and oxygen atoms in total. The first-order valence-electron chi connectivity index (χ1n) is 7.04. The zero-order chi connectivity index (χ0) is 12.4. The van der Waals surface area contributed by atoms with Gasteiger partial charge in [-0.15, -0.1) is 12.4 Å². The molecule has 2 aliphatic heterocycles. The van der Waals surface area contributed by atoms with Gasteiger partial charge in [0.1, 0.15) is 0 Å². The van der Waals surface area contributed by atoms with Crippen molar-refractivity contribution in [2.24, 2.45) is 11.8 Å². The lowest BCUT2D eigenvalue weighted by molar-refractivity contribution is -0.131. The average Bonchev–Trinajstić information content (AvgIpc) is 2.57. The van der Waals surface area contributed by atoms with Crippen LogP contribution in [0.3, 0.4) is 0 Å². The number of fused-ring (bicyclic) bond motifs is 2. The highest BCUT2D eigenvalue weighted by Crippen LogP contribution is 2.32. The first kappa shape index (κ1) is 15.8. The fourth-order valence-corrected chi connectivity index (χ4v) is 3.39. The fourth-order valence-electron chi connectivity index (χ4n) is 3.39. The van der Waals surface area contributed by atoms with E-state index in [-0.39, 0.29) is 12.4 Å². The predicted molar refractivity (Wildman–Crippen MR) is 77.0 cm³/mol. The summed E-state index contributed by atoms with van der Waals surface area (Å²) in [6.07, 6.45) is 5.81. The van der Waals surface area contributed by atoms with Crippen molar-refractivity contribution in [2.45, 2.75) is 58.0 Å². The van der Waals surface area contributed by atoms with Crippen LogP contribution in [0.4, 0.5) is 0 Å². The number of halogens is 1. The van der Waals surface area contributed by atoms with Crippen LogP contribution < -0.4 is 5.32 Å². The molecule has 2 fully saturated rings. The van der Waals surface area contributed by atoms with Crippen molar-refractivity contribution in [2.75, 3.05) is 13.6 Å². The van der Waals surface area contributed by atoms with Gasteiger partial charge in [-0.1, -0.05) is 13.8 Å². The predicted octanol–water partition coefficient (Wildman–Crippen LogP) is 2.44. The molecule has 2 saturated heterocycles. The monoisotopic (exact) mass is 274 g/mol. The number of hydrogen-bond acceptors (Lipinski definition) is 2. The van der Waals surface area contributed by atoms with E-state index in [1.807, 2.05) is 11.9 Å². The molecule has 18 heavy (non-hydrogen) atoms. The molecule has 106 valence electrons. The quantitative estimate of drug-likeness (QED) is 0.854. The Kier molecular flexibility index (Phi) is 5.93. The molecule has 0 spiro atoms. The van der Waals surface area contributed by atoms with Gasteiger partial charge in [0.2, 0.25) is 5.91 Å². The number of rotatable bonds is 4. The Hall–Kier alpha value is -0.280. The molecule has 0 aliphatic carbocycles. The Morgan fingerprint density at radius 1 is 1.28 bits per heavy atom. The Morgan fingerprint density at radius 2 is 1.83 bits per heavy atom. The Bertz CT molecular complexity index is 271. The largest absolute Gasteiger partial charge is 0.345 e. The molecule has 1 amide bonds. The molecule has 0 saturated carbocycles. The van der Waals surface area contributed by atoms with Crippen molar-refractivity contribution in [1.82, 2.24) is 10.2 Å². The number of nitrogens with zero attached hydrogens (tertiary/aromatic N) is 1. The first-order valence-corrected chi connectivity index (χ1v) is 7.04. The summed E-state index contributed by atoms with van der Waals surface area (Å²) in [5, 5.41) is 3.63. The number of carbonyl (C=O) groups excluding carboxylic acids is 1. The van der Waals surface area contributed by atoms with E-state index in [0.29, 0.717) is 29.8 Å². The average molecular weight is 275 g/mol. The lowest BCUT2D eigenvalue weighted by atomic mass is 9.89. The van der Waals surface area contributed by atoms with E-state index in [1.165, 1.54) is 25.7 Å². The maximum absolute atomic E-state index is 12.1. The van der Waals surface area contributed by atoms with Crippen LogP contribution in [0.1, 0.15) is 46.0 Å². The minimum absolute atomic E-state index is 0. The summed E-state index contributed by atoms with van der Waals surface area (Å²) in [6, 6.07) is 1.39. The van der Waals surface area contributed by atoms with E-state index < -0.39 is 0 Å². The van der Waals surface area contributed by atoms with Gasteiger partial charge in [-0.05, 0) is 37.5 Å². The second-order valence-corrected chi connectivity index (χ2v) is 6.35. The first-order chi connectivity index (χ1) is 8.04. The van der Waals surface area contributed by atoms with Crippen LogP contribution in [0.5, 0.6) is 0 Å². The molecule has 2 heterocycles. The van der Waals surface area contributed by atoms with Crippen LogP contribution >= 0.6 is 12.4 Å². The number of piperidine rings is 1. The summed E-state index contributed by atoms with van der Waals surface area (Å²) in [5.41, 5.74) is 0. The van der Waals surface area contributed by atoms with Gasteiger partial charge in [0.15, 0.2) is 0 Å². The van der Waals surface area contributed by atoms with Gasteiger partial charge in [0.25, 0.3) is 0 Å². The molecule has 2 rings (SSSR count). The third-order valence-corrected chi connectivity index (χ3v) is 4.10. The van der Waals surface area contributed by atoms with E-state index in [1.54, 1.807) is 0 Å². The van der Waals surface area contributed by atoms with Gasteiger partial charge in [0, 0.05) is 32.1 Å². The summed E-state index contributed by atoms with van der Waals surface area (Å²) < 4.78 is 0. The molecule has 0 aromatic heterocycles. The van der Waals surface area contributed by atoms with E-state index in [4.69, 9.17) is 0 Å². The van der Waals surface area contributed by atoms with Crippen molar-refractivity contribution in [3.8, 4) is 0 Å². The second-order valence-electron chi connectivity index (χ2n) is 6.35. The number of hydrogen-bond donors (Lipinski definition) is 1. The zero-order valence-electron chi connectivity index (χ0n) is 11.8. The van der Waals surface area contributed by atoms with Gasteiger partial charge in [0.05, 0.1) is 0 Å². The van der Waals surface area contributed by atoms with Crippen molar-refractivity contribution >= 4 is 18.3 Å². The molecular formula is C14H27ClN2O. The highest BCUT2D eigenvalue weighted by atomic mass is 35.5. The number of amides is 1. The number of nitrogens with one attached hydrogen (secondary N) is 1. The molecule has 2 bridgehead atoms. The van der Waals surface area contributed by atoms with Gasteiger partial charge in [-0.3, -0.25) is 4.79 Å². The van der Waals surface area contributed by atoms with Crippen LogP contribution in [0, 0.1) is 11.8 Å². The van der Waals surface area contributed by atoms with Crippen molar-refractivity contribution in [1.29, 1.82) is 0 Å². The van der Waals surface area contributed by atoms with E-state index >= 15 is 0 Å². The fraction of sp³-hybridized carbons (Fsp3) is 0.929. The van der Waals surface area contributed by atoms with E-state index in [0.717, 1.165) is 13.0 Å². The van der Waals surface area contributed by atoms with Crippen molar-refractivity contribution < 1.29 is 4.79 Å². The molecule has 4 heteroatoms. The molecule has 2 unspecified atom stereocenters. The minimum Gasteiger partial charge on any atom is -0.345 e. The Balaban J connectivity index is 0.00000162. The SMILES string of the molecule is CC(C)CN(C)C(=O)CC1CC2CCC(C1)N2.Cl. The summed E-state index contributed by atoms with van der Waals surface area (Å²) >= 11 is 0. The molecule has 2 atom stereocenters. The second kappa shape index (κ2) is 6.76. The third kappa shape index (κ3) is 4.13. The van der Waals surface area contributed by atoms with Crippen molar-refractivity contribution in [3.05, 3.63) is 0 Å². The standard InChI is InChI=1S/C14H26N2O.ClH/c1-10(2)9-16(3)14(17)8-11-6-12-4-5-13(7-11)15-12;/h10-13,15H,4-9H2,1-3H3;1H. The highest BCUT2D eigenvalue weighted by Gasteiger charge is 2.34. The smallest absolute Gasteiger partial charge is 0.222 e. The van der Waals surface area contributed by atoms with Crippen LogP contribution in [0.2, 0.25) is 0 Å². The molecule has 0 aromatic carbocycles. The Labute approximate surface area is 117 Å². The lowest BCUT2D eigenvalue weighted by Gasteiger charge is -2.30. The third-order valence-electron chi connectivity index (χ3n) is 4.10.